The van der Waals surface area contributed by atoms with Crippen molar-refractivity contribution >= 4 is 34.4 Å². The van der Waals surface area contributed by atoms with Crippen molar-refractivity contribution in [3.63, 3.8) is 0 Å². The van der Waals surface area contributed by atoms with Gasteiger partial charge in [0.05, 0.1) is 45.8 Å². The maximum Gasteiger partial charge on any atom is 0.333 e. The van der Waals surface area contributed by atoms with E-state index in [0.29, 0.717) is 65.9 Å². The quantitative estimate of drug-likeness (QED) is 0.320. The number of nitrogens with one attached hydrogen (secondary N) is 1. The van der Waals surface area contributed by atoms with Gasteiger partial charge in [-0.1, -0.05) is 23.7 Å². The second kappa shape index (κ2) is 12.2. The van der Waals surface area contributed by atoms with Gasteiger partial charge in [0, 0.05) is 50.8 Å². The van der Waals surface area contributed by atoms with Crippen molar-refractivity contribution in [2.24, 2.45) is 11.8 Å². The molecule has 0 bridgehead atoms. The number of fused-ring (bicyclic) bond motifs is 1. The topological polar surface area (TPSA) is 111 Å². The summed E-state index contributed by atoms with van der Waals surface area (Å²) < 4.78 is 9.41. The normalized spacial score (nSPS) is 18.8. The lowest BCUT2D eigenvalue weighted by molar-refractivity contribution is -0.135. The summed E-state index contributed by atoms with van der Waals surface area (Å²) in [4.78, 5) is 48.4. The number of likely N-dealkylation sites (tertiary alicyclic amines) is 1. The SMILES string of the molecule is CC(=O)N1CC(COc2ccc(-n3c(=O)n(C[C@H]4CC[C@H](NC(=O)c5cc(Cl)cnc5C)CC4)c4ccccc43)cn2)C1. The number of ether oxygens (including phenoxy) is 1. The number of para-hydroxylation sites is 2. The first-order valence-electron chi connectivity index (χ1n) is 14.7. The Morgan fingerprint density at radius 2 is 1.74 bits per heavy atom. The zero-order valence-electron chi connectivity index (χ0n) is 24.3. The lowest BCUT2D eigenvalue weighted by Gasteiger charge is -2.38. The van der Waals surface area contributed by atoms with Gasteiger partial charge in [0.1, 0.15) is 0 Å². The Morgan fingerprint density at radius 3 is 2.44 bits per heavy atom. The van der Waals surface area contributed by atoms with Crippen LogP contribution < -0.4 is 15.7 Å². The summed E-state index contributed by atoms with van der Waals surface area (Å²) in [5, 5.41) is 3.58. The van der Waals surface area contributed by atoms with Crippen LogP contribution in [0, 0.1) is 18.8 Å². The van der Waals surface area contributed by atoms with E-state index in [4.69, 9.17) is 16.3 Å². The highest BCUT2D eigenvalue weighted by Gasteiger charge is 2.29. The summed E-state index contributed by atoms with van der Waals surface area (Å²) in [7, 11) is 0. The number of hydrogen-bond donors (Lipinski definition) is 1. The number of pyridine rings is 2. The number of nitrogens with zero attached hydrogens (tertiary/aromatic N) is 5. The minimum Gasteiger partial charge on any atom is -0.477 e. The lowest BCUT2D eigenvalue weighted by Crippen LogP contribution is -2.51. The molecule has 1 saturated carbocycles. The number of amides is 2. The first-order valence-corrected chi connectivity index (χ1v) is 15.1. The van der Waals surface area contributed by atoms with Gasteiger partial charge in [-0.05, 0) is 62.8 Å². The molecule has 4 heterocycles. The number of aryl methyl sites for hydroxylation is 1. The molecule has 10 nitrogen and oxygen atoms in total. The summed E-state index contributed by atoms with van der Waals surface area (Å²) in [6.07, 6.45) is 6.71. The van der Waals surface area contributed by atoms with E-state index in [1.807, 2.05) is 34.9 Å². The molecule has 43 heavy (non-hydrogen) atoms. The molecule has 2 amide bonds. The molecule has 6 rings (SSSR count). The van der Waals surface area contributed by atoms with Crippen LogP contribution in [0.2, 0.25) is 5.02 Å². The minimum absolute atomic E-state index is 0.0735. The second-order valence-corrected chi connectivity index (χ2v) is 12.1. The Balaban J connectivity index is 1.10. The van der Waals surface area contributed by atoms with Gasteiger partial charge in [0.25, 0.3) is 5.91 Å². The molecule has 0 atom stereocenters. The van der Waals surface area contributed by atoms with Crippen LogP contribution in [0.3, 0.4) is 0 Å². The zero-order chi connectivity index (χ0) is 30.1. The van der Waals surface area contributed by atoms with Gasteiger partial charge < -0.3 is 15.0 Å². The molecule has 1 aliphatic heterocycles. The number of benzene rings is 1. The van der Waals surface area contributed by atoms with E-state index < -0.39 is 0 Å². The molecule has 1 aromatic carbocycles. The molecule has 1 aliphatic carbocycles. The van der Waals surface area contributed by atoms with E-state index >= 15 is 0 Å². The van der Waals surface area contributed by atoms with Crippen LogP contribution in [-0.4, -0.2) is 61.6 Å². The van der Waals surface area contributed by atoms with Crippen LogP contribution in [0.1, 0.15) is 48.7 Å². The minimum atomic E-state index is -0.150. The molecular weight excluding hydrogens is 568 g/mol. The van der Waals surface area contributed by atoms with Gasteiger partial charge in [-0.15, -0.1) is 0 Å². The Labute approximate surface area is 254 Å². The highest BCUT2D eigenvalue weighted by atomic mass is 35.5. The van der Waals surface area contributed by atoms with Crippen molar-refractivity contribution in [3.05, 3.63) is 81.6 Å². The number of imidazole rings is 1. The highest BCUT2D eigenvalue weighted by Crippen LogP contribution is 2.28. The molecule has 2 fully saturated rings. The molecule has 224 valence electrons. The number of rotatable bonds is 8. The summed E-state index contributed by atoms with van der Waals surface area (Å²) in [5.41, 5.74) is 3.44. The fourth-order valence-electron chi connectivity index (χ4n) is 6.11. The van der Waals surface area contributed by atoms with Gasteiger partial charge in [-0.2, -0.15) is 0 Å². The van der Waals surface area contributed by atoms with Gasteiger partial charge in [-0.25, -0.2) is 9.78 Å². The van der Waals surface area contributed by atoms with E-state index in [1.54, 1.807) is 47.8 Å². The zero-order valence-corrected chi connectivity index (χ0v) is 25.1. The average Bonchev–Trinajstić information content (AvgIpc) is 3.25. The van der Waals surface area contributed by atoms with Crippen molar-refractivity contribution in [2.45, 2.75) is 52.1 Å². The third-order valence-electron chi connectivity index (χ3n) is 8.60. The Hall–Kier alpha value is -4.18. The van der Waals surface area contributed by atoms with Gasteiger partial charge in [0.15, 0.2) is 0 Å². The van der Waals surface area contributed by atoms with Crippen molar-refractivity contribution in [1.29, 1.82) is 0 Å². The fourth-order valence-corrected chi connectivity index (χ4v) is 6.27. The summed E-state index contributed by atoms with van der Waals surface area (Å²) >= 11 is 6.05. The number of hydrogen-bond acceptors (Lipinski definition) is 6. The third-order valence-corrected chi connectivity index (χ3v) is 8.81. The Kier molecular flexibility index (Phi) is 8.21. The van der Waals surface area contributed by atoms with Gasteiger partial charge in [-0.3, -0.25) is 23.7 Å². The predicted octanol–water partition coefficient (Wildman–Crippen LogP) is 4.39. The lowest BCUT2D eigenvalue weighted by atomic mass is 9.85. The van der Waals surface area contributed by atoms with E-state index in [2.05, 4.69) is 15.3 Å². The molecule has 0 radical (unpaired) electrons. The molecule has 2 aliphatic rings. The predicted molar refractivity (Wildman–Crippen MR) is 164 cm³/mol. The molecule has 3 aromatic heterocycles. The van der Waals surface area contributed by atoms with Crippen LogP contribution in [0.5, 0.6) is 5.88 Å². The Morgan fingerprint density at radius 1 is 1.00 bits per heavy atom. The van der Waals surface area contributed by atoms with E-state index in [0.717, 1.165) is 36.7 Å². The van der Waals surface area contributed by atoms with Crippen molar-refractivity contribution in [3.8, 4) is 11.6 Å². The van der Waals surface area contributed by atoms with Crippen LogP contribution in [-0.2, 0) is 11.3 Å². The maximum absolute atomic E-state index is 13.8. The highest BCUT2D eigenvalue weighted by molar-refractivity contribution is 6.30. The summed E-state index contributed by atoms with van der Waals surface area (Å²) in [6.45, 7) is 5.90. The molecule has 1 saturated heterocycles. The maximum atomic E-state index is 13.8. The number of aromatic nitrogens is 4. The standard InChI is InChI=1S/C32H35ClN6O4/c1-20-27(13-24(33)14-34-20)31(41)36-25-9-7-22(8-10-25)18-38-28-5-3-4-6-29(28)39(32(38)42)26-11-12-30(35-15-26)43-19-23-16-37(17-23)21(2)40/h3-6,11-15,22-23,25H,7-10,16-19H2,1-2H3,(H,36,41)/t22-,25-. The molecular formula is C32H35ClN6O4. The van der Waals surface area contributed by atoms with Crippen molar-refractivity contribution in [2.75, 3.05) is 19.7 Å². The number of carbonyl (C=O) groups excluding carboxylic acids is 2. The second-order valence-electron chi connectivity index (χ2n) is 11.7. The van der Waals surface area contributed by atoms with E-state index in [1.165, 1.54) is 0 Å². The first kappa shape index (κ1) is 28.9. The van der Waals surface area contributed by atoms with E-state index in [9.17, 15) is 14.4 Å². The fraction of sp³-hybridized carbons (Fsp3) is 0.406. The largest absolute Gasteiger partial charge is 0.477 e. The van der Waals surface area contributed by atoms with Gasteiger partial charge in [0.2, 0.25) is 11.8 Å². The first-order chi connectivity index (χ1) is 20.8. The van der Waals surface area contributed by atoms with Crippen LogP contribution in [0.25, 0.3) is 16.7 Å². The molecule has 0 spiro atoms. The van der Waals surface area contributed by atoms with Crippen LogP contribution >= 0.6 is 11.6 Å². The average molecular weight is 603 g/mol. The van der Waals surface area contributed by atoms with Crippen molar-refractivity contribution in [1.82, 2.24) is 29.3 Å². The van der Waals surface area contributed by atoms with E-state index in [-0.39, 0.29) is 23.5 Å². The Bertz CT molecular complexity index is 1700. The molecule has 4 aromatic rings. The molecule has 0 unspecified atom stereocenters. The monoisotopic (exact) mass is 602 g/mol. The number of halogens is 1. The van der Waals surface area contributed by atoms with Crippen molar-refractivity contribution < 1.29 is 14.3 Å². The third kappa shape index (κ3) is 6.15. The summed E-state index contributed by atoms with van der Waals surface area (Å²) in [6, 6.07) is 13.2. The molecule has 11 heteroatoms. The van der Waals surface area contributed by atoms with Gasteiger partial charge >= 0.3 is 5.69 Å². The number of carbonyl (C=O) groups is 2. The smallest absolute Gasteiger partial charge is 0.333 e. The molecule has 1 N–H and O–H groups in total. The summed E-state index contributed by atoms with van der Waals surface area (Å²) in [5.74, 6) is 1.05. The van der Waals surface area contributed by atoms with Crippen LogP contribution in [0.4, 0.5) is 0 Å². The van der Waals surface area contributed by atoms with Crippen LogP contribution in [0.15, 0.2) is 59.7 Å².